The fourth-order valence-corrected chi connectivity index (χ4v) is 3.88. The quantitative estimate of drug-likeness (QED) is 0.788. The molecule has 0 N–H and O–H groups in total. The van der Waals surface area contributed by atoms with Gasteiger partial charge in [-0.2, -0.15) is 5.10 Å². The average molecular weight is 332 g/mol. The largest absolute Gasteiger partial charge is 0.293 e. The van der Waals surface area contributed by atoms with Crippen molar-refractivity contribution in [2.45, 2.75) is 58.2 Å². The van der Waals surface area contributed by atoms with Crippen LogP contribution >= 0.6 is 11.3 Å². The van der Waals surface area contributed by atoms with Crippen LogP contribution in [-0.2, 0) is 12.1 Å². The molecule has 1 atom stereocenters. The van der Waals surface area contributed by atoms with E-state index in [9.17, 15) is 4.79 Å². The van der Waals surface area contributed by atoms with Gasteiger partial charge in [0.1, 0.15) is 12.2 Å². The Bertz CT molecular complexity index is 656. The van der Waals surface area contributed by atoms with Crippen LogP contribution in [-0.4, -0.2) is 38.0 Å². The molecule has 2 aromatic rings. The highest BCUT2D eigenvalue weighted by atomic mass is 32.1. The van der Waals surface area contributed by atoms with E-state index in [1.165, 1.54) is 11.3 Å². The molecule has 0 amide bonds. The van der Waals surface area contributed by atoms with Gasteiger partial charge in [0.15, 0.2) is 5.78 Å². The number of aromatic nitrogens is 3. The molecule has 0 aliphatic carbocycles. The van der Waals surface area contributed by atoms with Crippen molar-refractivity contribution >= 4 is 17.1 Å². The summed E-state index contributed by atoms with van der Waals surface area (Å²) in [5.74, 6) is 1.24. The lowest BCUT2D eigenvalue weighted by Crippen LogP contribution is -2.34. The number of likely N-dealkylation sites (tertiary alicyclic amines) is 1. The van der Waals surface area contributed by atoms with Gasteiger partial charge in [-0.15, -0.1) is 11.3 Å². The second-order valence-corrected chi connectivity index (χ2v) is 8.08. The first-order valence-corrected chi connectivity index (χ1v) is 9.03. The SMILES string of the molecule is CC(C)(C)n1ncnc1CN1CCC[C@@H]1CC(=O)c1cccs1. The van der Waals surface area contributed by atoms with Gasteiger partial charge in [-0.1, -0.05) is 6.07 Å². The number of hydrogen-bond donors (Lipinski definition) is 0. The summed E-state index contributed by atoms with van der Waals surface area (Å²) in [5.41, 5.74) is -0.0756. The van der Waals surface area contributed by atoms with Gasteiger partial charge in [-0.05, 0) is 51.6 Å². The summed E-state index contributed by atoms with van der Waals surface area (Å²) in [5, 5.41) is 6.33. The maximum atomic E-state index is 12.4. The Morgan fingerprint density at radius 3 is 2.96 bits per heavy atom. The maximum Gasteiger partial charge on any atom is 0.174 e. The molecule has 0 aromatic carbocycles. The Morgan fingerprint density at radius 1 is 1.43 bits per heavy atom. The summed E-state index contributed by atoms with van der Waals surface area (Å²) >= 11 is 1.53. The molecular weight excluding hydrogens is 308 g/mol. The van der Waals surface area contributed by atoms with Gasteiger partial charge in [-0.3, -0.25) is 9.69 Å². The van der Waals surface area contributed by atoms with Crippen molar-refractivity contribution in [1.29, 1.82) is 0 Å². The molecule has 1 fully saturated rings. The molecule has 2 aromatic heterocycles. The monoisotopic (exact) mass is 332 g/mol. The topological polar surface area (TPSA) is 51.0 Å². The number of ketones is 1. The summed E-state index contributed by atoms with van der Waals surface area (Å²) < 4.78 is 1.99. The van der Waals surface area contributed by atoms with E-state index >= 15 is 0 Å². The molecule has 0 saturated carbocycles. The van der Waals surface area contributed by atoms with Crippen LogP contribution in [0.3, 0.4) is 0 Å². The molecule has 23 heavy (non-hydrogen) atoms. The third-order valence-corrected chi connectivity index (χ3v) is 5.23. The molecule has 0 radical (unpaired) electrons. The number of carbonyl (C=O) groups is 1. The number of thiophene rings is 1. The Kier molecular flexibility index (Phi) is 4.64. The lowest BCUT2D eigenvalue weighted by Gasteiger charge is -2.26. The van der Waals surface area contributed by atoms with Crippen molar-refractivity contribution in [2.75, 3.05) is 6.54 Å². The predicted octanol–water partition coefficient (Wildman–Crippen LogP) is 3.33. The Labute approximate surface area is 141 Å². The highest BCUT2D eigenvalue weighted by Crippen LogP contribution is 2.25. The Morgan fingerprint density at radius 2 is 2.26 bits per heavy atom. The highest BCUT2D eigenvalue weighted by Gasteiger charge is 2.29. The van der Waals surface area contributed by atoms with Crippen LogP contribution in [0, 0.1) is 0 Å². The molecule has 6 heteroatoms. The van der Waals surface area contributed by atoms with Crippen LogP contribution in [0.2, 0.25) is 0 Å². The molecule has 0 unspecified atom stereocenters. The predicted molar refractivity (Wildman–Crippen MR) is 91.7 cm³/mol. The van der Waals surface area contributed by atoms with Crippen molar-refractivity contribution in [3.05, 3.63) is 34.5 Å². The summed E-state index contributed by atoms with van der Waals surface area (Å²) in [7, 11) is 0. The number of carbonyl (C=O) groups excluding carboxylic acids is 1. The second-order valence-electron chi connectivity index (χ2n) is 7.13. The van der Waals surface area contributed by atoms with E-state index in [0.29, 0.717) is 12.5 Å². The number of Topliss-reactive ketones (excluding diaryl/α,β-unsaturated/α-hetero) is 1. The smallest absolute Gasteiger partial charge is 0.174 e. The van der Waals surface area contributed by atoms with Gasteiger partial charge in [0, 0.05) is 12.5 Å². The lowest BCUT2D eigenvalue weighted by molar-refractivity contribution is 0.0939. The molecule has 5 nitrogen and oxygen atoms in total. The molecule has 1 aliphatic rings. The molecule has 1 aliphatic heterocycles. The van der Waals surface area contributed by atoms with Gasteiger partial charge in [-0.25, -0.2) is 9.67 Å². The van der Waals surface area contributed by atoms with Crippen molar-refractivity contribution in [3.8, 4) is 0 Å². The zero-order valence-corrected chi connectivity index (χ0v) is 14.8. The summed E-state index contributed by atoms with van der Waals surface area (Å²) in [4.78, 5) is 20.1. The van der Waals surface area contributed by atoms with Gasteiger partial charge < -0.3 is 0 Å². The van der Waals surface area contributed by atoms with E-state index < -0.39 is 0 Å². The minimum atomic E-state index is -0.0756. The Hall–Kier alpha value is -1.53. The fourth-order valence-electron chi connectivity index (χ4n) is 3.20. The van der Waals surface area contributed by atoms with Gasteiger partial charge in [0.05, 0.1) is 17.0 Å². The molecule has 1 saturated heterocycles. The fraction of sp³-hybridized carbons (Fsp3) is 0.588. The minimum absolute atomic E-state index is 0.0756. The zero-order chi connectivity index (χ0) is 16.4. The van der Waals surface area contributed by atoms with E-state index in [0.717, 1.165) is 36.6 Å². The number of hydrogen-bond acceptors (Lipinski definition) is 5. The lowest BCUT2D eigenvalue weighted by atomic mass is 10.1. The zero-order valence-electron chi connectivity index (χ0n) is 14.0. The van der Waals surface area contributed by atoms with E-state index in [1.807, 2.05) is 22.2 Å². The van der Waals surface area contributed by atoms with Crippen LogP contribution in [0.15, 0.2) is 23.8 Å². The molecule has 124 valence electrons. The van der Waals surface area contributed by atoms with Gasteiger partial charge >= 0.3 is 0 Å². The normalized spacial score (nSPS) is 19.3. The van der Waals surface area contributed by atoms with Crippen molar-refractivity contribution < 1.29 is 4.79 Å². The summed E-state index contributed by atoms with van der Waals surface area (Å²) in [6.07, 6.45) is 4.46. The first-order valence-electron chi connectivity index (χ1n) is 8.15. The third kappa shape index (κ3) is 3.70. The molecule has 0 bridgehead atoms. The number of nitrogens with zero attached hydrogens (tertiary/aromatic N) is 4. The summed E-state index contributed by atoms with van der Waals surface area (Å²) in [6, 6.07) is 4.17. The standard InChI is InChI=1S/C17H24N4OS/c1-17(2,3)21-16(18-12-19-21)11-20-8-4-6-13(20)10-14(22)15-7-5-9-23-15/h5,7,9,12-13H,4,6,8,10-11H2,1-3H3/t13-/m1/s1. The molecular formula is C17H24N4OS. The summed E-state index contributed by atoms with van der Waals surface area (Å²) in [6.45, 7) is 8.19. The van der Waals surface area contributed by atoms with Crippen LogP contribution in [0.4, 0.5) is 0 Å². The van der Waals surface area contributed by atoms with Crippen LogP contribution < -0.4 is 0 Å². The van der Waals surface area contributed by atoms with Crippen molar-refractivity contribution in [1.82, 2.24) is 19.7 Å². The van der Waals surface area contributed by atoms with E-state index in [2.05, 4.69) is 35.8 Å². The average Bonchev–Trinajstić information content (AvgIpc) is 3.19. The first kappa shape index (κ1) is 16.3. The highest BCUT2D eigenvalue weighted by molar-refractivity contribution is 7.12. The second kappa shape index (κ2) is 6.53. The minimum Gasteiger partial charge on any atom is -0.293 e. The van der Waals surface area contributed by atoms with Gasteiger partial charge in [0.2, 0.25) is 0 Å². The maximum absolute atomic E-state index is 12.4. The first-order chi connectivity index (χ1) is 10.9. The molecule has 3 rings (SSSR count). The number of rotatable bonds is 5. The van der Waals surface area contributed by atoms with Crippen molar-refractivity contribution in [2.24, 2.45) is 0 Å². The van der Waals surface area contributed by atoms with E-state index in [4.69, 9.17) is 0 Å². The molecule has 3 heterocycles. The van der Waals surface area contributed by atoms with Crippen LogP contribution in [0.5, 0.6) is 0 Å². The van der Waals surface area contributed by atoms with E-state index in [1.54, 1.807) is 6.33 Å². The van der Waals surface area contributed by atoms with E-state index in [-0.39, 0.29) is 11.3 Å². The van der Waals surface area contributed by atoms with Crippen LogP contribution in [0.1, 0.15) is 55.5 Å². The third-order valence-electron chi connectivity index (χ3n) is 4.31. The van der Waals surface area contributed by atoms with Crippen molar-refractivity contribution in [3.63, 3.8) is 0 Å². The molecule has 0 spiro atoms. The van der Waals surface area contributed by atoms with Gasteiger partial charge in [0.25, 0.3) is 0 Å². The van der Waals surface area contributed by atoms with Crippen LogP contribution in [0.25, 0.3) is 0 Å². The Balaban J connectivity index is 1.68.